The summed E-state index contributed by atoms with van der Waals surface area (Å²) in [4.78, 5) is 12.6. The predicted molar refractivity (Wildman–Crippen MR) is 83.6 cm³/mol. The van der Waals surface area contributed by atoms with Gasteiger partial charge in [0.2, 0.25) is 0 Å². The number of thioether (sulfide) groups is 1. The van der Waals surface area contributed by atoms with Crippen molar-refractivity contribution in [3.63, 3.8) is 0 Å². The van der Waals surface area contributed by atoms with E-state index in [1.165, 1.54) is 0 Å². The third-order valence-corrected chi connectivity index (χ3v) is 4.39. The Balaban J connectivity index is 2.01. The Kier molecular flexibility index (Phi) is 5.50. The summed E-state index contributed by atoms with van der Waals surface area (Å²) < 4.78 is 0. The molecular weight excluding hydrogens is 292 g/mol. The maximum absolute atomic E-state index is 11.4. The summed E-state index contributed by atoms with van der Waals surface area (Å²) >= 11 is 7.75. The molecule has 2 rings (SSSR count). The highest BCUT2D eigenvalue weighted by atomic mass is 35.5. The molecule has 0 saturated carbocycles. The molecule has 0 aliphatic carbocycles. The molecule has 1 unspecified atom stereocenters. The number of halogens is 1. The van der Waals surface area contributed by atoms with E-state index in [0.717, 1.165) is 10.6 Å². The van der Waals surface area contributed by atoms with Crippen molar-refractivity contribution in [3.05, 3.63) is 65.2 Å². The average Bonchev–Trinajstić information content (AvgIpc) is 2.45. The van der Waals surface area contributed by atoms with Crippen LogP contribution in [0.1, 0.15) is 17.9 Å². The summed E-state index contributed by atoms with van der Waals surface area (Å²) in [5.41, 5.74) is 0.690. The molecule has 0 radical (unpaired) electrons. The highest BCUT2D eigenvalue weighted by Crippen LogP contribution is 2.29. The minimum atomic E-state index is -0.827. The Morgan fingerprint density at radius 1 is 1.10 bits per heavy atom. The lowest BCUT2D eigenvalue weighted by Gasteiger charge is -2.14. The van der Waals surface area contributed by atoms with Crippen molar-refractivity contribution in [2.45, 2.75) is 17.2 Å². The van der Waals surface area contributed by atoms with E-state index in [0.29, 0.717) is 17.0 Å². The van der Waals surface area contributed by atoms with Gasteiger partial charge in [-0.3, -0.25) is 4.79 Å². The van der Waals surface area contributed by atoms with Crippen LogP contribution in [0.4, 0.5) is 0 Å². The summed E-state index contributed by atoms with van der Waals surface area (Å²) in [6, 6.07) is 17.1. The van der Waals surface area contributed by atoms with Gasteiger partial charge in [-0.1, -0.05) is 48.0 Å². The van der Waals surface area contributed by atoms with Crippen molar-refractivity contribution < 1.29 is 9.90 Å². The maximum Gasteiger partial charge on any atom is 0.311 e. The van der Waals surface area contributed by atoms with Crippen molar-refractivity contribution in [1.29, 1.82) is 0 Å². The highest BCUT2D eigenvalue weighted by Gasteiger charge is 2.21. The fourth-order valence-corrected chi connectivity index (χ4v) is 3.19. The van der Waals surface area contributed by atoms with E-state index in [2.05, 4.69) is 0 Å². The van der Waals surface area contributed by atoms with Crippen molar-refractivity contribution in [2.24, 2.45) is 0 Å². The Hall–Kier alpha value is -1.45. The van der Waals surface area contributed by atoms with Crippen molar-refractivity contribution in [1.82, 2.24) is 0 Å². The zero-order chi connectivity index (χ0) is 14.4. The molecule has 0 aliphatic rings. The van der Waals surface area contributed by atoms with Crippen molar-refractivity contribution >= 4 is 29.3 Å². The number of aliphatic carboxylic acids is 1. The Bertz CT molecular complexity index is 572. The Labute approximate surface area is 127 Å². The molecule has 0 spiro atoms. The first-order valence-corrected chi connectivity index (χ1v) is 7.70. The van der Waals surface area contributed by atoms with Gasteiger partial charge in [0.15, 0.2) is 0 Å². The van der Waals surface area contributed by atoms with Crippen LogP contribution in [0.25, 0.3) is 0 Å². The van der Waals surface area contributed by atoms with Gasteiger partial charge in [0.25, 0.3) is 0 Å². The molecule has 0 fully saturated rings. The molecule has 0 bridgehead atoms. The number of carbonyl (C=O) groups is 1. The second-order valence-electron chi connectivity index (χ2n) is 4.36. The molecule has 1 atom stereocenters. The zero-order valence-corrected chi connectivity index (χ0v) is 12.4. The number of benzene rings is 2. The monoisotopic (exact) mass is 306 g/mol. The summed E-state index contributed by atoms with van der Waals surface area (Å²) in [6.45, 7) is 0. The van der Waals surface area contributed by atoms with Gasteiger partial charge in [0.05, 0.1) is 5.92 Å². The lowest BCUT2D eigenvalue weighted by atomic mass is 9.97. The standard InChI is InChI=1S/C16H15ClO2S/c17-15-9-5-4-8-13(15)14(16(18)19)10-11-20-12-6-2-1-3-7-12/h1-9,14H,10-11H2,(H,18,19). The number of rotatable bonds is 6. The number of hydrogen-bond acceptors (Lipinski definition) is 2. The predicted octanol–water partition coefficient (Wildman–Crippen LogP) is 4.69. The molecule has 2 aromatic rings. The van der Waals surface area contributed by atoms with E-state index in [1.54, 1.807) is 23.9 Å². The molecule has 0 saturated heterocycles. The maximum atomic E-state index is 11.4. The molecule has 0 aromatic heterocycles. The van der Waals surface area contributed by atoms with Gasteiger partial charge in [0.1, 0.15) is 0 Å². The van der Waals surface area contributed by atoms with Crippen LogP contribution in [0.2, 0.25) is 5.02 Å². The number of carboxylic acids is 1. The lowest BCUT2D eigenvalue weighted by molar-refractivity contribution is -0.138. The van der Waals surface area contributed by atoms with Gasteiger partial charge in [-0.05, 0) is 35.9 Å². The fraction of sp³-hybridized carbons (Fsp3) is 0.188. The molecule has 1 N–H and O–H groups in total. The van der Waals surface area contributed by atoms with E-state index < -0.39 is 11.9 Å². The summed E-state index contributed by atoms with van der Waals surface area (Å²) in [6.07, 6.45) is 0.554. The van der Waals surface area contributed by atoms with Crippen molar-refractivity contribution in [2.75, 3.05) is 5.75 Å². The van der Waals surface area contributed by atoms with Crippen LogP contribution >= 0.6 is 23.4 Å². The normalized spacial score (nSPS) is 12.1. The lowest BCUT2D eigenvalue weighted by Crippen LogP contribution is -2.13. The van der Waals surface area contributed by atoms with E-state index in [1.807, 2.05) is 42.5 Å². The van der Waals surface area contributed by atoms with Gasteiger partial charge >= 0.3 is 5.97 Å². The van der Waals surface area contributed by atoms with Gasteiger partial charge in [-0.25, -0.2) is 0 Å². The zero-order valence-electron chi connectivity index (χ0n) is 10.8. The van der Waals surface area contributed by atoms with Crippen LogP contribution in [0.5, 0.6) is 0 Å². The topological polar surface area (TPSA) is 37.3 Å². The van der Waals surface area contributed by atoms with Crippen LogP contribution in [0.15, 0.2) is 59.5 Å². The molecule has 0 heterocycles. The summed E-state index contributed by atoms with van der Waals surface area (Å²) in [5, 5.41) is 9.90. The Morgan fingerprint density at radius 2 is 1.75 bits per heavy atom. The second-order valence-corrected chi connectivity index (χ2v) is 5.94. The van der Waals surface area contributed by atoms with E-state index in [-0.39, 0.29) is 0 Å². The fourth-order valence-electron chi connectivity index (χ4n) is 1.98. The van der Waals surface area contributed by atoms with Crippen LogP contribution in [0, 0.1) is 0 Å². The van der Waals surface area contributed by atoms with Crippen LogP contribution < -0.4 is 0 Å². The summed E-state index contributed by atoms with van der Waals surface area (Å²) in [7, 11) is 0. The molecule has 2 aromatic carbocycles. The van der Waals surface area contributed by atoms with Gasteiger partial charge < -0.3 is 5.11 Å². The number of carboxylic acid groups (broad SMARTS) is 1. The molecule has 2 nitrogen and oxygen atoms in total. The molecule has 20 heavy (non-hydrogen) atoms. The molecular formula is C16H15ClO2S. The van der Waals surface area contributed by atoms with Crippen LogP contribution in [-0.2, 0) is 4.79 Å². The van der Waals surface area contributed by atoms with Gasteiger partial charge in [-0.2, -0.15) is 0 Å². The molecule has 104 valence electrons. The molecule has 4 heteroatoms. The highest BCUT2D eigenvalue weighted by molar-refractivity contribution is 7.99. The smallest absolute Gasteiger partial charge is 0.311 e. The minimum Gasteiger partial charge on any atom is -0.481 e. The third-order valence-electron chi connectivity index (χ3n) is 3.00. The van der Waals surface area contributed by atoms with Gasteiger partial charge in [0, 0.05) is 9.92 Å². The minimum absolute atomic E-state index is 0.518. The van der Waals surface area contributed by atoms with Crippen molar-refractivity contribution in [3.8, 4) is 0 Å². The third kappa shape index (κ3) is 4.02. The van der Waals surface area contributed by atoms with E-state index in [4.69, 9.17) is 11.6 Å². The molecule has 0 aliphatic heterocycles. The van der Waals surface area contributed by atoms with Crippen LogP contribution in [0.3, 0.4) is 0 Å². The van der Waals surface area contributed by atoms with E-state index >= 15 is 0 Å². The largest absolute Gasteiger partial charge is 0.481 e. The first-order chi connectivity index (χ1) is 9.68. The quantitative estimate of drug-likeness (QED) is 0.787. The van der Waals surface area contributed by atoms with E-state index in [9.17, 15) is 9.90 Å². The first-order valence-electron chi connectivity index (χ1n) is 6.33. The molecule has 0 amide bonds. The SMILES string of the molecule is O=C(O)C(CCSc1ccccc1)c1ccccc1Cl. The second kappa shape index (κ2) is 7.36. The average molecular weight is 307 g/mol. The van der Waals surface area contributed by atoms with Crippen LogP contribution in [-0.4, -0.2) is 16.8 Å². The first kappa shape index (κ1) is 14.9. The summed E-state index contributed by atoms with van der Waals surface area (Å²) in [5.74, 6) is -0.640. The number of hydrogen-bond donors (Lipinski definition) is 1. The Morgan fingerprint density at radius 3 is 2.40 bits per heavy atom. The van der Waals surface area contributed by atoms with Gasteiger partial charge in [-0.15, -0.1) is 11.8 Å².